The Bertz CT molecular complexity index is 933. The van der Waals surface area contributed by atoms with E-state index in [9.17, 15) is 4.79 Å². The molecule has 1 aromatic heterocycles. The van der Waals surface area contributed by atoms with Crippen molar-refractivity contribution >= 4 is 5.78 Å². The van der Waals surface area contributed by atoms with Gasteiger partial charge in [-0.15, -0.1) is 10.1 Å². The zero-order valence-corrected chi connectivity index (χ0v) is 14.6. The quantitative estimate of drug-likeness (QED) is 0.433. The van der Waals surface area contributed by atoms with E-state index in [2.05, 4.69) is 29.2 Å². The largest absolute Gasteiger partial charge is 0.328 e. The monoisotopic (exact) mass is 365 g/mol. The van der Waals surface area contributed by atoms with E-state index in [1.54, 1.807) is 12.5 Å². The molecule has 1 aliphatic carbocycles. The number of aryl methyl sites for hydroxylation is 1. The summed E-state index contributed by atoms with van der Waals surface area (Å²) < 4.78 is 2.05. The predicted molar refractivity (Wildman–Crippen MR) is 98.4 cm³/mol. The van der Waals surface area contributed by atoms with Crippen LogP contribution in [0.15, 0.2) is 67.1 Å². The molecule has 1 heterocycles. The van der Waals surface area contributed by atoms with Crippen molar-refractivity contribution in [2.24, 2.45) is 0 Å². The molecule has 2 aromatic carbocycles. The maximum absolute atomic E-state index is 12.8. The van der Waals surface area contributed by atoms with Crippen LogP contribution in [0.2, 0.25) is 0 Å². The van der Waals surface area contributed by atoms with Gasteiger partial charge < -0.3 is 9.77 Å². The van der Waals surface area contributed by atoms with Crippen molar-refractivity contribution in [1.82, 2.24) is 9.55 Å². The molecule has 0 saturated carbocycles. The first kappa shape index (κ1) is 18.3. The Labute approximate surface area is 156 Å². The Kier molecular flexibility index (Phi) is 5.61. The molecule has 0 aliphatic heterocycles. The molecule has 7 heteroatoms. The number of carbonyl (C=O) groups is 1. The molecule has 1 unspecified atom stereocenters. The second-order valence-electron chi connectivity index (χ2n) is 6.23. The molecular weight excluding hydrogens is 346 g/mol. The molecule has 0 spiro atoms. The van der Waals surface area contributed by atoms with Gasteiger partial charge >= 0.3 is 0 Å². The van der Waals surface area contributed by atoms with Crippen LogP contribution in [0.1, 0.15) is 46.1 Å². The first-order valence-corrected chi connectivity index (χ1v) is 8.60. The number of ketones is 1. The zero-order chi connectivity index (χ0) is 19.2. The van der Waals surface area contributed by atoms with Crippen LogP contribution in [-0.2, 0) is 6.42 Å². The second kappa shape index (κ2) is 8.27. The van der Waals surface area contributed by atoms with Crippen molar-refractivity contribution in [3.63, 3.8) is 0 Å². The molecule has 0 amide bonds. The van der Waals surface area contributed by atoms with E-state index < -0.39 is 5.09 Å². The van der Waals surface area contributed by atoms with Crippen molar-refractivity contribution < 1.29 is 15.1 Å². The maximum atomic E-state index is 12.8. The lowest BCUT2D eigenvalue weighted by atomic mass is 9.87. The fourth-order valence-electron chi connectivity index (χ4n) is 3.48. The van der Waals surface area contributed by atoms with Crippen LogP contribution < -0.4 is 0 Å². The van der Waals surface area contributed by atoms with Crippen LogP contribution >= 0.6 is 0 Å². The zero-order valence-electron chi connectivity index (χ0n) is 14.6. The van der Waals surface area contributed by atoms with E-state index in [1.165, 1.54) is 11.1 Å². The molecule has 1 atom stereocenters. The predicted octanol–water partition coefficient (Wildman–Crippen LogP) is 3.69. The molecule has 1 aliphatic rings. The van der Waals surface area contributed by atoms with Crippen molar-refractivity contribution in [2.45, 2.75) is 25.3 Å². The molecule has 1 N–H and O–H groups in total. The first-order chi connectivity index (χ1) is 13.1. The number of nitrogens with zero attached hydrogens (tertiary/aromatic N) is 3. The van der Waals surface area contributed by atoms with Gasteiger partial charge in [0.25, 0.3) is 5.09 Å². The minimum absolute atomic E-state index is 0.0335. The summed E-state index contributed by atoms with van der Waals surface area (Å²) in [5.74, 6) is 0.0335. The number of hydrogen-bond donors (Lipinski definition) is 1. The molecule has 7 nitrogen and oxygen atoms in total. The van der Waals surface area contributed by atoms with E-state index in [0.717, 1.165) is 19.3 Å². The van der Waals surface area contributed by atoms with E-state index in [0.29, 0.717) is 11.3 Å². The molecule has 0 bridgehead atoms. The highest BCUT2D eigenvalue weighted by atomic mass is 16.9. The number of carbonyl (C=O) groups excluding carboxylic acids is 1. The fraction of sp³-hybridized carbons (Fsp3) is 0.200. The lowest BCUT2D eigenvalue weighted by Gasteiger charge is -2.27. The lowest BCUT2D eigenvalue weighted by molar-refractivity contribution is -0.742. The Morgan fingerprint density at radius 2 is 1.81 bits per heavy atom. The molecule has 0 saturated heterocycles. The molecule has 3 aromatic rings. The number of rotatable bonds is 3. The van der Waals surface area contributed by atoms with Crippen molar-refractivity contribution in [1.29, 1.82) is 0 Å². The van der Waals surface area contributed by atoms with Crippen molar-refractivity contribution in [3.8, 4) is 0 Å². The Balaban J connectivity index is 0.000000481. The van der Waals surface area contributed by atoms with Gasteiger partial charge in [0.05, 0.1) is 18.6 Å². The van der Waals surface area contributed by atoms with Crippen LogP contribution in [0.5, 0.6) is 0 Å². The first-order valence-electron chi connectivity index (χ1n) is 8.60. The molecule has 0 fully saturated rings. The normalized spacial score (nSPS) is 15.2. The summed E-state index contributed by atoms with van der Waals surface area (Å²) in [6.45, 7) is 0. The Hall–Kier alpha value is -3.48. The number of fused-ring (bicyclic) bond motifs is 1. The van der Waals surface area contributed by atoms with Crippen LogP contribution in [0.3, 0.4) is 0 Å². The standard InChI is InChI=1S/C20H18N2O.HNO3/c23-20(16-8-2-1-3-9-16)19-13-21-14-22(19)18-12-6-10-15-7-4-5-11-17(15)18;2-1(3)4/h1-5,7-9,11,13-14,18H,6,10,12H2;(H,2,3,4). The van der Waals surface area contributed by atoms with Gasteiger partial charge in [-0.2, -0.15) is 0 Å². The van der Waals surface area contributed by atoms with Gasteiger partial charge in [-0.25, -0.2) is 4.98 Å². The molecule has 4 rings (SSSR count). The topological polar surface area (TPSA) is 98.3 Å². The third kappa shape index (κ3) is 4.20. The van der Waals surface area contributed by atoms with Gasteiger partial charge in [-0.3, -0.25) is 4.79 Å². The van der Waals surface area contributed by atoms with E-state index in [4.69, 9.17) is 15.3 Å². The van der Waals surface area contributed by atoms with Crippen LogP contribution in [-0.4, -0.2) is 25.6 Å². The summed E-state index contributed by atoms with van der Waals surface area (Å²) in [4.78, 5) is 25.4. The summed E-state index contributed by atoms with van der Waals surface area (Å²) in [5, 5.41) is 13.6. The highest BCUT2D eigenvalue weighted by Gasteiger charge is 2.25. The highest BCUT2D eigenvalue weighted by molar-refractivity contribution is 6.07. The van der Waals surface area contributed by atoms with Crippen LogP contribution in [0.25, 0.3) is 0 Å². The summed E-state index contributed by atoms with van der Waals surface area (Å²) in [7, 11) is 0. The molecule has 0 radical (unpaired) electrons. The smallest absolute Gasteiger partial charge is 0.291 e. The molecule has 27 heavy (non-hydrogen) atoms. The number of imidazole rings is 1. The Morgan fingerprint density at radius 3 is 2.56 bits per heavy atom. The van der Waals surface area contributed by atoms with Gasteiger partial charge in [0.2, 0.25) is 5.78 Å². The summed E-state index contributed by atoms with van der Waals surface area (Å²) in [6.07, 6.45) is 6.78. The van der Waals surface area contributed by atoms with Gasteiger partial charge in [0.1, 0.15) is 5.69 Å². The average molecular weight is 365 g/mol. The molecule has 138 valence electrons. The minimum atomic E-state index is -1.50. The number of benzene rings is 2. The van der Waals surface area contributed by atoms with Crippen LogP contribution in [0, 0.1) is 10.1 Å². The van der Waals surface area contributed by atoms with Gasteiger partial charge in [0.15, 0.2) is 0 Å². The van der Waals surface area contributed by atoms with Gasteiger partial charge in [0, 0.05) is 5.56 Å². The third-order valence-corrected chi connectivity index (χ3v) is 4.61. The van der Waals surface area contributed by atoms with E-state index in [1.807, 2.05) is 34.9 Å². The minimum Gasteiger partial charge on any atom is -0.328 e. The van der Waals surface area contributed by atoms with Gasteiger partial charge in [-0.05, 0) is 30.4 Å². The lowest BCUT2D eigenvalue weighted by Crippen LogP contribution is -2.20. The van der Waals surface area contributed by atoms with Gasteiger partial charge in [-0.1, -0.05) is 54.6 Å². The summed E-state index contributed by atoms with van der Waals surface area (Å²) in [5.41, 5.74) is 4.07. The number of hydrogen-bond acceptors (Lipinski definition) is 4. The average Bonchev–Trinajstić information content (AvgIpc) is 3.17. The maximum Gasteiger partial charge on any atom is 0.291 e. The second-order valence-corrected chi connectivity index (χ2v) is 6.23. The van der Waals surface area contributed by atoms with E-state index >= 15 is 0 Å². The van der Waals surface area contributed by atoms with Crippen molar-refractivity contribution in [2.75, 3.05) is 0 Å². The van der Waals surface area contributed by atoms with Crippen LogP contribution in [0.4, 0.5) is 0 Å². The van der Waals surface area contributed by atoms with E-state index in [-0.39, 0.29) is 11.8 Å². The fourth-order valence-corrected chi connectivity index (χ4v) is 3.48. The third-order valence-electron chi connectivity index (χ3n) is 4.61. The summed E-state index contributed by atoms with van der Waals surface area (Å²) in [6, 6.07) is 18.2. The highest BCUT2D eigenvalue weighted by Crippen LogP contribution is 2.33. The number of aromatic nitrogens is 2. The molecular formula is C20H19N3O4. The SMILES string of the molecule is O=C(c1ccccc1)c1cncn1C1CCCc2ccccc21.O=[N+]([O-])O. The Morgan fingerprint density at radius 1 is 1.15 bits per heavy atom. The summed E-state index contributed by atoms with van der Waals surface area (Å²) >= 11 is 0. The van der Waals surface area contributed by atoms with Crippen molar-refractivity contribution in [3.05, 3.63) is 99.6 Å².